The van der Waals surface area contributed by atoms with E-state index in [2.05, 4.69) is 41.5 Å². The van der Waals surface area contributed by atoms with Gasteiger partial charge in [-0.2, -0.15) is 0 Å². The molecule has 0 N–H and O–H groups in total. The summed E-state index contributed by atoms with van der Waals surface area (Å²) in [5, 5.41) is 8.56. The van der Waals surface area contributed by atoms with Crippen molar-refractivity contribution in [1.29, 1.82) is 0 Å². The highest BCUT2D eigenvalue weighted by molar-refractivity contribution is 8.00. The standard InChI is InChI=1S/C21H22N4OS/c1-2-16-8-10-18(11-9-16)12-24-14-19(22-23-24)21-25(20(26)15-27-21)13-17-6-4-3-5-7-17/h3-11,14,21H,2,12-13,15H2,1H3/t21-/m1/s1. The summed E-state index contributed by atoms with van der Waals surface area (Å²) in [6, 6.07) is 18.6. The molecule has 1 fully saturated rings. The smallest absolute Gasteiger partial charge is 0.234 e. The van der Waals surface area contributed by atoms with Crippen molar-refractivity contribution in [3.63, 3.8) is 0 Å². The molecule has 0 unspecified atom stereocenters. The fraction of sp³-hybridized carbons (Fsp3) is 0.286. The first-order valence-corrected chi connectivity index (χ1v) is 10.2. The Morgan fingerprint density at radius 3 is 2.44 bits per heavy atom. The fourth-order valence-electron chi connectivity index (χ4n) is 3.22. The van der Waals surface area contributed by atoms with Gasteiger partial charge in [-0.25, -0.2) is 4.68 Å². The van der Waals surface area contributed by atoms with Crippen LogP contribution in [-0.2, 0) is 24.3 Å². The Labute approximate surface area is 163 Å². The Morgan fingerprint density at radius 1 is 1.00 bits per heavy atom. The molecule has 0 radical (unpaired) electrons. The fourth-order valence-corrected chi connectivity index (χ4v) is 4.34. The van der Waals surface area contributed by atoms with Crippen LogP contribution in [-0.4, -0.2) is 31.6 Å². The molecule has 1 saturated heterocycles. The zero-order chi connectivity index (χ0) is 18.6. The minimum absolute atomic E-state index is 0.0751. The highest BCUT2D eigenvalue weighted by atomic mass is 32.2. The average Bonchev–Trinajstić information content (AvgIpc) is 3.30. The van der Waals surface area contributed by atoms with Crippen molar-refractivity contribution in [2.75, 3.05) is 5.75 Å². The van der Waals surface area contributed by atoms with Crippen LogP contribution < -0.4 is 0 Å². The van der Waals surface area contributed by atoms with Gasteiger partial charge in [-0.3, -0.25) is 4.79 Å². The highest BCUT2D eigenvalue weighted by Crippen LogP contribution is 2.38. The summed E-state index contributed by atoms with van der Waals surface area (Å²) in [4.78, 5) is 14.3. The average molecular weight is 379 g/mol. The van der Waals surface area contributed by atoms with Crippen LogP contribution >= 0.6 is 11.8 Å². The molecule has 5 nitrogen and oxygen atoms in total. The monoisotopic (exact) mass is 378 g/mol. The van der Waals surface area contributed by atoms with Crippen LogP contribution in [0, 0.1) is 0 Å². The van der Waals surface area contributed by atoms with Crippen molar-refractivity contribution < 1.29 is 4.79 Å². The molecule has 1 atom stereocenters. The quantitative estimate of drug-likeness (QED) is 0.657. The number of benzene rings is 2. The van der Waals surface area contributed by atoms with Crippen LogP contribution in [0.3, 0.4) is 0 Å². The van der Waals surface area contributed by atoms with Gasteiger partial charge in [-0.1, -0.05) is 66.7 Å². The summed E-state index contributed by atoms with van der Waals surface area (Å²) in [7, 11) is 0. The van der Waals surface area contributed by atoms with E-state index >= 15 is 0 Å². The number of thioether (sulfide) groups is 1. The zero-order valence-corrected chi connectivity index (χ0v) is 16.1. The van der Waals surface area contributed by atoms with E-state index in [0.29, 0.717) is 18.8 Å². The van der Waals surface area contributed by atoms with Crippen LogP contribution in [0.4, 0.5) is 0 Å². The van der Waals surface area contributed by atoms with Crippen molar-refractivity contribution >= 4 is 17.7 Å². The van der Waals surface area contributed by atoms with E-state index < -0.39 is 0 Å². The van der Waals surface area contributed by atoms with Gasteiger partial charge >= 0.3 is 0 Å². The third-order valence-corrected chi connectivity index (χ3v) is 5.97. The first-order valence-electron chi connectivity index (χ1n) is 9.16. The van der Waals surface area contributed by atoms with Gasteiger partial charge in [0.2, 0.25) is 5.91 Å². The molecule has 2 aromatic carbocycles. The molecule has 1 aliphatic heterocycles. The molecule has 0 aliphatic carbocycles. The number of rotatable bonds is 6. The largest absolute Gasteiger partial charge is 0.320 e. The van der Waals surface area contributed by atoms with Crippen LogP contribution in [0.5, 0.6) is 0 Å². The van der Waals surface area contributed by atoms with Crippen molar-refractivity contribution in [3.05, 3.63) is 83.2 Å². The number of aromatic nitrogens is 3. The van der Waals surface area contributed by atoms with Crippen molar-refractivity contribution in [2.24, 2.45) is 0 Å². The van der Waals surface area contributed by atoms with Crippen LogP contribution in [0.1, 0.15) is 34.7 Å². The molecule has 3 aromatic rings. The second-order valence-electron chi connectivity index (χ2n) is 6.68. The van der Waals surface area contributed by atoms with E-state index in [0.717, 1.165) is 17.7 Å². The maximum atomic E-state index is 12.4. The Morgan fingerprint density at radius 2 is 1.70 bits per heavy atom. The predicted molar refractivity (Wildman–Crippen MR) is 107 cm³/mol. The Bertz CT molecular complexity index is 907. The summed E-state index contributed by atoms with van der Waals surface area (Å²) >= 11 is 1.62. The summed E-state index contributed by atoms with van der Waals surface area (Å²) in [5.74, 6) is 0.640. The molecule has 6 heteroatoms. The van der Waals surface area contributed by atoms with E-state index in [-0.39, 0.29) is 11.3 Å². The summed E-state index contributed by atoms with van der Waals surface area (Å²) in [6.07, 6.45) is 3.00. The van der Waals surface area contributed by atoms with Gasteiger partial charge in [0.15, 0.2) is 0 Å². The summed E-state index contributed by atoms with van der Waals surface area (Å²) in [6.45, 7) is 3.43. The molecule has 1 aliphatic rings. The van der Waals surface area contributed by atoms with Gasteiger partial charge in [0.25, 0.3) is 0 Å². The Kier molecular flexibility index (Phi) is 5.25. The number of nitrogens with zero attached hydrogens (tertiary/aromatic N) is 4. The minimum atomic E-state index is -0.0751. The first-order chi connectivity index (χ1) is 13.2. The minimum Gasteiger partial charge on any atom is -0.320 e. The third kappa shape index (κ3) is 4.06. The lowest BCUT2D eigenvalue weighted by atomic mass is 10.1. The maximum absolute atomic E-state index is 12.4. The summed E-state index contributed by atoms with van der Waals surface area (Å²) < 4.78 is 1.85. The normalized spacial score (nSPS) is 16.9. The molecule has 0 bridgehead atoms. The number of hydrogen-bond acceptors (Lipinski definition) is 4. The van der Waals surface area contributed by atoms with E-state index in [1.165, 1.54) is 11.1 Å². The first kappa shape index (κ1) is 17.8. The van der Waals surface area contributed by atoms with Crippen LogP contribution in [0.15, 0.2) is 60.8 Å². The van der Waals surface area contributed by atoms with Gasteiger partial charge < -0.3 is 4.90 Å². The lowest BCUT2D eigenvalue weighted by molar-refractivity contribution is -0.128. The van der Waals surface area contributed by atoms with E-state index in [9.17, 15) is 4.79 Å². The molecule has 4 rings (SSSR count). The molecule has 1 aromatic heterocycles. The molecule has 0 saturated carbocycles. The van der Waals surface area contributed by atoms with Crippen molar-refractivity contribution in [1.82, 2.24) is 19.9 Å². The predicted octanol–water partition coefficient (Wildman–Crippen LogP) is 3.66. The van der Waals surface area contributed by atoms with Gasteiger partial charge in [0.1, 0.15) is 11.1 Å². The molecule has 2 heterocycles. The number of carbonyl (C=O) groups excluding carboxylic acids is 1. The van der Waals surface area contributed by atoms with Gasteiger partial charge in [0.05, 0.1) is 18.5 Å². The van der Waals surface area contributed by atoms with Gasteiger partial charge in [-0.05, 0) is 23.1 Å². The van der Waals surface area contributed by atoms with E-state index in [1.54, 1.807) is 11.8 Å². The maximum Gasteiger partial charge on any atom is 0.234 e. The lowest BCUT2D eigenvalue weighted by Gasteiger charge is -2.22. The van der Waals surface area contributed by atoms with Gasteiger partial charge in [0, 0.05) is 6.54 Å². The Balaban J connectivity index is 1.48. The third-order valence-electron chi connectivity index (χ3n) is 4.75. The van der Waals surface area contributed by atoms with E-state index in [1.807, 2.05) is 46.1 Å². The lowest BCUT2D eigenvalue weighted by Crippen LogP contribution is -2.27. The SMILES string of the molecule is CCc1ccc(Cn2cc([C@H]3SCC(=O)N3Cc3ccccc3)nn2)cc1. The summed E-state index contributed by atoms with van der Waals surface area (Å²) in [5.41, 5.74) is 4.49. The van der Waals surface area contributed by atoms with Crippen LogP contribution in [0.2, 0.25) is 0 Å². The Hall–Kier alpha value is -2.60. The van der Waals surface area contributed by atoms with Crippen molar-refractivity contribution in [2.45, 2.75) is 31.8 Å². The molecule has 138 valence electrons. The van der Waals surface area contributed by atoms with Gasteiger partial charge in [-0.15, -0.1) is 16.9 Å². The highest BCUT2D eigenvalue weighted by Gasteiger charge is 2.34. The molecule has 0 spiro atoms. The zero-order valence-electron chi connectivity index (χ0n) is 15.3. The number of hydrogen-bond donors (Lipinski definition) is 0. The van der Waals surface area contributed by atoms with Crippen molar-refractivity contribution in [3.8, 4) is 0 Å². The topological polar surface area (TPSA) is 51.0 Å². The van der Waals surface area contributed by atoms with E-state index in [4.69, 9.17) is 0 Å². The molecule has 27 heavy (non-hydrogen) atoms. The number of aryl methyl sites for hydroxylation is 1. The molecule has 1 amide bonds. The number of amides is 1. The molecular weight excluding hydrogens is 356 g/mol. The second-order valence-corrected chi connectivity index (χ2v) is 7.75. The van der Waals surface area contributed by atoms with Crippen LogP contribution in [0.25, 0.3) is 0 Å². The second kappa shape index (κ2) is 7.96. The molecular formula is C21H22N4OS. The number of carbonyl (C=O) groups is 1.